The highest BCUT2D eigenvalue weighted by Gasteiger charge is 2.26. The normalized spacial score (nSPS) is 26.9. The van der Waals surface area contributed by atoms with Crippen molar-refractivity contribution in [2.24, 2.45) is 5.92 Å². The fourth-order valence-electron chi connectivity index (χ4n) is 2.21. The van der Waals surface area contributed by atoms with Crippen molar-refractivity contribution in [3.05, 3.63) is 0 Å². The minimum atomic E-state index is -3.07. The summed E-state index contributed by atoms with van der Waals surface area (Å²) in [6.45, 7) is 2.18. The van der Waals surface area contributed by atoms with Crippen molar-refractivity contribution in [2.45, 2.75) is 43.8 Å². The smallest absolute Gasteiger partial charge is 0.215 e. The molecular weight excluding hydrogens is 224 g/mol. The summed E-state index contributed by atoms with van der Waals surface area (Å²) in [5.74, 6) is 0.890. The van der Waals surface area contributed by atoms with Gasteiger partial charge in [0.2, 0.25) is 10.0 Å². The SMILES string of the molecule is O=S(=O)(NCCCC1CC1)C1CCCNC1. The zero-order valence-electron chi connectivity index (χ0n) is 9.74. The Hall–Kier alpha value is -0.130. The zero-order valence-corrected chi connectivity index (χ0v) is 10.6. The van der Waals surface area contributed by atoms with Crippen molar-refractivity contribution < 1.29 is 8.42 Å². The fourth-order valence-corrected chi connectivity index (χ4v) is 3.69. The fraction of sp³-hybridized carbons (Fsp3) is 1.00. The van der Waals surface area contributed by atoms with E-state index in [-0.39, 0.29) is 5.25 Å². The standard InChI is InChI=1S/C11H22N2O2S/c14-16(15,11-4-2-7-12-9-11)13-8-1-3-10-5-6-10/h10-13H,1-9H2. The van der Waals surface area contributed by atoms with Crippen LogP contribution in [0.4, 0.5) is 0 Å². The molecule has 0 bridgehead atoms. The molecule has 2 fully saturated rings. The van der Waals surface area contributed by atoms with Crippen LogP contribution in [0.3, 0.4) is 0 Å². The predicted molar refractivity (Wildman–Crippen MR) is 64.8 cm³/mol. The van der Waals surface area contributed by atoms with Crippen LogP contribution in [0.1, 0.15) is 38.5 Å². The number of hydrogen-bond acceptors (Lipinski definition) is 3. The molecule has 5 heteroatoms. The van der Waals surface area contributed by atoms with E-state index in [0.717, 1.165) is 31.7 Å². The Morgan fingerprint density at radius 3 is 2.69 bits per heavy atom. The average Bonchev–Trinajstić information content (AvgIpc) is 3.10. The minimum absolute atomic E-state index is 0.220. The lowest BCUT2D eigenvalue weighted by atomic mass is 10.2. The van der Waals surface area contributed by atoms with Gasteiger partial charge < -0.3 is 5.32 Å². The summed E-state index contributed by atoms with van der Waals surface area (Å²) >= 11 is 0. The second kappa shape index (κ2) is 5.47. The first-order valence-corrected chi connectivity index (χ1v) is 7.92. The molecule has 94 valence electrons. The summed E-state index contributed by atoms with van der Waals surface area (Å²) in [7, 11) is -3.07. The summed E-state index contributed by atoms with van der Waals surface area (Å²) in [5, 5.41) is 2.92. The Balaban J connectivity index is 1.68. The lowest BCUT2D eigenvalue weighted by molar-refractivity contribution is 0.488. The van der Waals surface area contributed by atoms with E-state index >= 15 is 0 Å². The van der Waals surface area contributed by atoms with E-state index in [1.165, 1.54) is 19.3 Å². The van der Waals surface area contributed by atoms with Crippen LogP contribution in [0.5, 0.6) is 0 Å². The van der Waals surface area contributed by atoms with E-state index in [1.807, 2.05) is 0 Å². The second-order valence-corrected chi connectivity index (χ2v) is 7.04. The van der Waals surface area contributed by atoms with Crippen molar-refractivity contribution in [3.8, 4) is 0 Å². The molecular formula is C11H22N2O2S. The van der Waals surface area contributed by atoms with Gasteiger partial charge >= 0.3 is 0 Å². The number of piperidine rings is 1. The van der Waals surface area contributed by atoms with Gasteiger partial charge in [-0.3, -0.25) is 0 Å². The molecule has 0 aromatic carbocycles. The molecule has 4 nitrogen and oxygen atoms in total. The Morgan fingerprint density at radius 2 is 2.06 bits per heavy atom. The van der Waals surface area contributed by atoms with Gasteiger partial charge in [0.25, 0.3) is 0 Å². The number of nitrogens with one attached hydrogen (secondary N) is 2. The predicted octanol–water partition coefficient (Wildman–Crippen LogP) is 0.848. The molecule has 0 amide bonds. The maximum atomic E-state index is 11.9. The lowest BCUT2D eigenvalue weighted by Crippen LogP contribution is -2.44. The molecule has 0 aromatic rings. The summed E-state index contributed by atoms with van der Waals surface area (Å²) < 4.78 is 26.5. The molecule has 1 unspecified atom stereocenters. The quantitative estimate of drug-likeness (QED) is 0.683. The molecule has 2 N–H and O–H groups in total. The highest BCUT2D eigenvalue weighted by atomic mass is 32.2. The summed E-state index contributed by atoms with van der Waals surface area (Å²) in [4.78, 5) is 0. The van der Waals surface area contributed by atoms with Crippen molar-refractivity contribution in [3.63, 3.8) is 0 Å². The molecule has 2 aliphatic rings. The van der Waals surface area contributed by atoms with E-state index in [2.05, 4.69) is 10.0 Å². The maximum Gasteiger partial charge on any atom is 0.215 e. The van der Waals surface area contributed by atoms with Crippen molar-refractivity contribution in [1.29, 1.82) is 0 Å². The van der Waals surface area contributed by atoms with E-state index in [1.54, 1.807) is 0 Å². The van der Waals surface area contributed by atoms with Gasteiger partial charge in [0, 0.05) is 13.1 Å². The van der Waals surface area contributed by atoms with Crippen molar-refractivity contribution in [1.82, 2.24) is 10.0 Å². The van der Waals surface area contributed by atoms with E-state index in [9.17, 15) is 8.42 Å². The molecule has 1 aliphatic carbocycles. The second-order valence-electron chi connectivity index (χ2n) is 4.99. The number of rotatable bonds is 6. The molecule has 1 atom stereocenters. The molecule has 16 heavy (non-hydrogen) atoms. The molecule has 1 aliphatic heterocycles. The third-order valence-corrected chi connectivity index (χ3v) is 5.37. The summed E-state index contributed by atoms with van der Waals surface area (Å²) in [6, 6.07) is 0. The Bertz CT molecular complexity index is 306. The van der Waals surface area contributed by atoms with Crippen LogP contribution >= 0.6 is 0 Å². The highest BCUT2D eigenvalue weighted by Crippen LogP contribution is 2.33. The van der Waals surface area contributed by atoms with Gasteiger partial charge in [0.1, 0.15) is 0 Å². The van der Waals surface area contributed by atoms with Crippen molar-refractivity contribution in [2.75, 3.05) is 19.6 Å². The largest absolute Gasteiger partial charge is 0.315 e. The molecule has 1 saturated carbocycles. The number of hydrogen-bond donors (Lipinski definition) is 2. The molecule has 0 radical (unpaired) electrons. The Morgan fingerprint density at radius 1 is 1.25 bits per heavy atom. The lowest BCUT2D eigenvalue weighted by Gasteiger charge is -2.22. The van der Waals surface area contributed by atoms with E-state index in [4.69, 9.17) is 0 Å². The van der Waals surface area contributed by atoms with Crippen LogP contribution in [0, 0.1) is 5.92 Å². The van der Waals surface area contributed by atoms with Gasteiger partial charge in [-0.2, -0.15) is 0 Å². The van der Waals surface area contributed by atoms with Crippen molar-refractivity contribution >= 4 is 10.0 Å². The van der Waals surface area contributed by atoms with Gasteiger partial charge in [0.15, 0.2) is 0 Å². The van der Waals surface area contributed by atoms with Crippen LogP contribution in [0.2, 0.25) is 0 Å². The Labute approximate surface area is 98.2 Å². The molecule has 2 rings (SSSR count). The maximum absolute atomic E-state index is 11.9. The minimum Gasteiger partial charge on any atom is -0.315 e. The molecule has 1 heterocycles. The van der Waals surface area contributed by atoms with Gasteiger partial charge in [-0.15, -0.1) is 0 Å². The van der Waals surface area contributed by atoms with Gasteiger partial charge in [-0.25, -0.2) is 13.1 Å². The third-order valence-electron chi connectivity index (χ3n) is 3.48. The van der Waals surface area contributed by atoms with Crippen LogP contribution in [-0.4, -0.2) is 33.3 Å². The first kappa shape index (κ1) is 12.3. The zero-order chi connectivity index (χ0) is 11.4. The average molecular weight is 246 g/mol. The van der Waals surface area contributed by atoms with Crippen LogP contribution in [0.25, 0.3) is 0 Å². The molecule has 0 aromatic heterocycles. The van der Waals surface area contributed by atoms with Crippen LogP contribution < -0.4 is 10.0 Å². The summed E-state index contributed by atoms with van der Waals surface area (Å²) in [5.41, 5.74) is 0. The first-order valence-electron chi connectivity index (χ1n) is 6.38. The topological polar surface area (TPSA) is 58.2 Å². The first-order chi connectivity index (χ1) is 7.68. The monoisotopic (exact) mass is 246 g/mol. The third kappa shape index (κ3) is 3.71. The van der Waals surface area contributed by atoms with E-state index in [0.29, 0.717) is 13.1 Å². The summed E-state index contributed by atoms with van der Waals surface area (Å²) in [6.07, 6.45) is 6.63. The Kier molecular flexibility index (Phi) is 4.21. The molecule has 1 saturated heterocycles. The number of sulfonamides is 1. The van der Waals surface area contributed by atoms with Gasteiger partial charge in [0.05, 0.1) is 5.25 Å². The molecule has 0 spiro atoms. The highest BCUT2D eigenvalue weighted by molar-refractivity contribution is 7.90. The van der Waals surface area contributed by atoms with E-state index < -0.39 is 10.0 Å². The van der Waals surface area contributed by atoms with Crippen LogP contribution in [-0.2, 0) is 10.0 Å². The van der Waals surface area contributed by atoms with Crippen LogP contribution in [0.15, 0.2) is 0 Å². The van der Waals surface area contributed by atoms with Gasteiger partial charge in [-0.05, 0) is 38.1 Å². The van der Waals surface area contributed by atoms with Gasteiger partial charge in [-0.1, -0.05) is 12.8 Å².